The fourth-order valence-electron chi connectivity index (χ4n) is 3.98. The van der Waals surface area contributed by atoms with Crippen molar-refractivity contribution in [2.24, 2.45) is 5.92 Å². The molecule has 1 heterocycles. The number of aryl methyl sites for hydroxylation is 1. The van der Waals surface area contributed by atoms with Crippen molar-refractivity contribution in [1.29, 1.82) is 0 Å². The predicted molar refractivity (Wildman–Crippen MR) is 118 cm³/mol. The minimum atomic E-state index is -0.0766. The number of esters is 1. The highest BCUT2D eigenvalue weighted by Gasteiger charge is 2.28. The van der Waals surface area contributed by atoms with E-state index in [1.54, 1.807) is 0 Å². The molecular formula is C25H39NO3. The molecule has 0 atom stereocenters. The molecule has 0 bridgehead atoms. The van der Waals surface area contributed by atoms with E-state index in [1.165, 1.54) is 44.9 Å². The summed E-state index contributed by atoms with van der Waals surface area (Å²) in [6.45, 7) is 6.04. The molecule has 4 heteroatoms. The standard InChI is InChI=1S/C25H39NO3/c1-3-4-5-6-7-8-9-10-11-19-29-25(28)22-15-17-26(18-16-22)24(27)23-14-12-13-21(2)20-23/h12-14,20,22H,3-11,15-19H2,1-2H3. The van der Waals surface area contributed by atoms with Gasteiger partial charge in [-0.15, -0.1) is 0 Å². The van der Waals surface area contributed by atoms with Crippen molar-refractivity contribution < 1.29 is 14.3 Å². The van der Waals surface area contributed by atoms with Gasteiger partial charge in [0.15, 0.2) is 0 Å². The van der Waals surface area contributed by atoms with Gasteiger partial charge in [-0.05, 0) is 38.3 Å². The summed E-state index contributed by atoms with van der Waals surface area (Å²) >= 11 is 0. The summed E-state index contributed by atoms with van der Waals surface area (Å²) in [6, 6.07) is 7.70. The molecule has 1 aromatic carbocycles. The monoisotopic (exact) mass is 401 g/mol. The van der Waals surface area contributed by atoms with Crippen LogP contribution < -0.4 is 0 Å². The van der Waals surface area contributed by atoms with E-state index in [0.717, 1.165) is 24.0 Å². The maximum atomic E-state index is 12.6. The molecule has 2 rings (SSSR count). The summed E-state index contributed by atoms with van der Waals surface area (Å²) in [7, 11) is 0. The van der Waals surface area contributed by atoms with Crippen LogP contribution >= 0.6 is 0 Å². The molecule has 0 unspecified atom stereocenters. The highest BCUT2D eigenvalue weighted by molar-refractivity contribution is 5.94. The van der Waals surface area contributed by atoms with Crippen LogP contribution in [0.5, 0.6) is 0 Å². The Balaban J connectivity index is 1.55. The smallest absolute Gasteiger partial charge is 0.309 e. The first-order chi connectivity index (χ1) is 14.1. The number of benzene rings is 1. The van der Waals surface area contributed by atoms with E-state index in [2.05, 4.69) is 6.92 Å². The van der Waals surface area contributed by atoms with Gasteiger partial charge in [-0.2, -0.15) is 0 Å². The number of likely N-dealkylation sites (tertiary alicyclic amines) is 1. The summed E-state index contributed by atoms with van der Waals surface area (Å²) in [6.07, 6.45) is 12.8. The van der Waals surface area contributed by atoms with Gasteiger partial charge in [0.05, 0.1) is 12.5 Å². The van der Waals surface area contributed by atoms with Gasteiger partial charge in [0.1, 0.15) is 0 Å². The minimum Gasteiger partial charge on any atom is -0.465 e. The molecule has 1 aliphatic heterocycles. The zero-order chi connectivity index (χ0) is 20.9. The lowest BCUT2D eigenvalue weighted by molar-refractivity contribution is -0.150. The molecule has 162 valence electrons. The lowest BCUT2D eigenvalue weighted by atomic mass is 9.96. The third kappa shape index (κ3) is 8.59. The van der Waals surface area contributed by atoms with Crippen LogP contribution in [-0.2, 0) is 9.53 Å². The Bertz CT molecular complexity index is 620. The third-order valence-electron chi connectivity index (χ3n) is 5.87. The number of carbonyl (C=O) groups is 2. The zero-order valence-electron chi connectivity index (χ0n) is 18.5. The minimum absolute atomic E-state index is 0.0601. The molecule has 0 aliphatic carbocycles. The van der Waals surface area contributed by atoms with Gasteiger partial charge in [-0.3, -0.25) is 9.59 Å². The Kier molecular flexibility index (Phi) is 10.8. The number of carbonyl (C=O) groups excluding carboxylic acids is 2. The average molecular weight is 402 g/mol. The lowest BCUT2D eigenvalue weighted by Crippen LogP contribution is -2.40. The van der Waals surface area contributed by atoms with Crippen LogP contribution in [0.3, 0.4) is 0 Å². The Hall–Kier alpha value is -1.84. The number of piperidine rings is 1. The molecule has 1 aliphatic rings. The SMILES string of the molecule is CCCCCCCCCCCOC(=O)C1CCN(C(=O)c2cccc(C)c2)CC1. The van der Waals surface area contributed by atoms with Crippen molar-refractivity contribution in [3.8, 4) is 0 Å². The molecule has 4 nitrogen and oxygen atoms in total. The first-order valence-electron chi connectivity index (χ1n) is 11.6. The number of amides is 1. The maximum Gasteiger partial charge on any atom is 0.309 e. The van der Waals surface area contributed by atoms with Gasteiger partial charge in [0, 0.05) is 18.7 Å². The van der Waals surface area contributed by atoms with Crippen LogP contribution in [0.1, 0.15) is 93.5 Å². The molecule has 0 aromatic heterocycles. The van der Waals surface area contributed by atoms with Crippen molar-refractivity contribution in [1.82, 2.24) is 4.90 Å². The molecular weight excluding hydrogens is 362 g/mol. The van der Waals surface area contributed by atoms with Crippen molar-refractivity contribution >= 4 is 11.9 Å². The fourth-order valence-corrected chi connectivity index (χ4v) is 3.98. The molecule has 1 aromatic rings. The Morgan fingerprint density at radius 3 is 2.21 bits per heavy atom. The van der Waals surface area contributed by atoms with Crippen molar-refractivity contribution in [3.63, 3.8) is 0 Å². The van der Waals surface area contributed by atoms with Gasteiger partial charge in [0.2, 0.25) is 0 Å². The second kappa shape index (κ2) is 13.4. The molecule has 1 fully saturated rings. The van der Waals surface area contributed by atoms with E-state index in [9.17, 15) is 9.59 Å². The molecule has 1 saturated heterocycles. The zero-order valence-corrected chi connectivity index (χ0v) is 18.5. The van der Waals surface area contributed by atoms with Crippen LogP contribution in [0.2, 0.25) is 0 Å². The maximum absolute atomic E-state index is 12.6. The Morgan fingerprint density at radius 1 is 0.966 bits per heavy atom. The highest BCUT2D eigenvalue weighted by atomic mass is 16.5. The predicted octanol–water partition coefficient (Wildman–Crippen LogP) is 5.92. The molecule has 0 radical (unpaired) electrons. The van der Waals surface area contributed by atoms with Crippen LogP contribution in [0.4, 0.5) is 0 Å². The number of ether oxygens (including phenoxy) is 1. The first kappa shape index (κ1) is 23.4. The molecule has 0 N–H and O–H groups in total. The molecule has 29 heavy (non-hydrogen) atoms. The van der Waals surface area contributed by atoms with E-state index in [4.69, 9.17) is 4.74 Å². The van der Waals surface area contributed by atoms with Gasteiger partial charge in [0.25, 0.3) is 5.91 Å². The average Bonchev–Trinajstić information content (AvgIpc) is 2.74. The van der Waals surface area contributed by atoms with Crippen LogP contribution in [0.15, 0.2) is 24.3 Å². The van der Waals surface area contributed by atoms with Crippen LogP contribution in [0.25, 0.3) is 0 Å². The van der Waals surface area contributed by atoms with E-state index < -0.39 is 0 Å². The summed E-state index contributed by atoms with van der Waals surface area (Å²) in [4.78, 5) is 26.8. The normalized spacial score (nSPS) is 14.8. The molecule has 1 amide bonds. The summed E-state index contributed by atoms with van der Waals surface area (Å²) in [5.74, 6) is -0.0717. The van der Waals surface area contributed by atoms with Crippen LogP contribution in [0, 0.1) is 12.8 Å². The van der Waals surface area contributed by atoms with E-state index in [-0.39, 0.29) is 17.8 Å². The van der Waals surface area contributed by atoms with Crippen molar-refractivity contribution in [2.75, 3.05) is 19.7 Å². The van der Waals surface area contributed by atoms with Gasteiger partial charge >= 0.3 is 5.97 Å². The molecule has 0 saturated carbocycles. The number of hydrogen-bond acceptors (Lipinski definition) is 3. The van der Waals surface area contributed by atoms with Gasteiger partial charge < -0.3 is 9.64 Å². The van der Waals surface area contributed by atoms with Crippen LogP contribution in [-0.4, -0.2) is 36.5 Å². The molecule has 0 spiro atoms. The topological polar surface area (TPSA) is 46.6 Å². The highest BCUT2D eigenvalue weighted by Crippen LogP contribution is 2.21. The van der Waals surface area contributed by atoms with Gasteiger partial charge in [-0.25, -0.2) is 0 Å². The second-order valence-electron chi connectivity index (χ2n) is 8.43. The first-order valence-corrected chi connectivity index (χ1v) is 11.6. The third-order valence-corrected chi connectivity index (χ3v) is 5.87. The number of rotatable bonds is 12. The van der Waals surface area contributed by atoms with E-state index >= 15 is 0 Å². The lowest BCUT2D eigenvalue weighted by Gasteiger charge is -2.31. The number of nitrogens with zero attached hydrogens (tertiary/aromatic N) is 1. The van der Waals surface area contributed by atoms with Crippen molar-refractivity contribution in [3.05, 3.63) is 35.4 Å². The summed E-state index contributed by atoms with van der Waals surface area (Å²) < 4.78 is 5.49. The van der Waals surface area contributed by atoms with E-state index in [0.29, 0.717) is 32.5 Å². The second-order valence-corrected chi connectivity index (χ2v) is 8.43. The largest absolute Gasteiger partial charge is 0.465 e. The van der Waals surface area contributed by atoms with E-state index in [1.807, 2.05) is 36.1 Å². The fraction of sp³-hybridized carbons (Fsp3) is 0.680. The number of unbranched alkanes of at least 4 members (excludes halogenated alkanes) is 8. The van der Waals surface area contributed by atoms with Crippen molar-refractivity contribution in [2.45, 2.75) is 84.5 Å². The Labute approximate surface area is 177 Å². The summed E-state index contributed by atoms with van der Waals surface area (Å²) in [5.41, 5.74) is 1.82. The van der Waals surface area contributed by atoms with Gasteiger partial charge in [-0.1, -0.05) is 76.0 Å². The number of hydrogen-bond donors (Lipinski definition) is 0. The Morgan fingerprint density at radius 2 is 1.59 bits per heavy atom. The quantitative estimate of drug-likeness (QED) is 0.322. The summed E-state index contributed by atoms with van der Waals surface area (Å²) in [5, 5.41) is 0.